The minimum absolute atomic E-state index is 0.0649. The molecule has 1 amide bonds. The van der Waals surface area contributed by atoms with E-state index in [4.69, 9.17) is 11.5 Å². The van der Waals surface area contributed by atoms with Crippen molar-refractivity contribution in [3.8, 4) is 5.75 Å². The molecule has 0 saturated heterocycles. The van der Waals surface area contributed by atoms with E-state index in [2.05, 4.69) is 10.1 Å². The fourth-order valence-electron chi connectivity index (χ4n) is 1.11. The second kappa shape index (κ2) is 5.69. The first-order chi connectivity index (χ1) is 8.31. The highest BCUT2D eigenvalue weighted by molar-refractivity contribution is 5.94. The summed E-state index contributed by atoms with van der Waals surface area (Å²) in [5.41, 5.74) is 10.7. The zero-order valence-corrected chi connectivity index (χ0v) is 9.20. The normalized spacial score (nSPS) is 12.9. The molecule has 0 spiro atoms. The average molecular weight is 263 g/mol. The zero-order valence-electron chi connectivity index (χ0n) is 9.20. The Kier molecular flexibility index (Phi) is 4.51. The van der Waals surface area contributed by atoms with Crippen LogP contribution in [0.3, 0.4) is 0 Å². The third-order valence-corrected chi connectivity index (χ3v) is 1.93. The van der Waals surface area contributed by atoms with Gasteiger partial charge in [-0.1, -0.05) is 6.07 Å². The maximum atomic E-state index is 12.0. The predicted molar refractivity (Wildman–Crippen MR) is 58.8 cm³/mol. The molecule has 5 N–H and O–H groups in total. The van der Waals surface area contributed by atoms with Gasteiger partial charge in [0.1, 0.15) is 5.75 Å². The highest BCUT2D eigenvalue weighted by atomic mass is 19.4. The molecule has 18 heavy (non-hydrogen) atoms. The first-order valence-corrected chi connectivity index (χ1v) is 4.94. The minimum Gasteiger partial charge on any atom is -0.406 e. The number of nitrogens with two attached hydrogens (primary N) is 2. The van der Waals surface area contributed by atoms with E-state index >= 15 is 0 Å². The molecule has 0 saturated carbocycles. The van der Waals surface area contributed by atoms with Crippen LogP contribution in [0.4, 0.5) is 18.9 Å². The van der Waals surface area contributed by atoms with Crippen molar-refractivity contribution in [1.29, 1.82) is 0 Å². The number of hydrogen-bond acceptors (Lipinski definition) is 4. The van der Waals surface area contributed by atoms with Gasteiger partial charge in [0.25, 0.3) is 0 Å². The average Bonchev–Trinajstić information content (AvgIpc) is 2.26. The molecular formula is C10H12F3N3O2. The van der Waals surface area contributed by atoms with Gasteiger partial charge in [0, 0.05) is 18.3 Å². The summed E-state index contributed by atoms with van der Waals surface area (Å²) < 4.78 is 39.6. The monoisotopic (exact) mass is 263 g/mol. The smallest absolute Gasteiger partial charge is 0.406 e. The van der Waals surface area contributed by atoms with Gasteiger partial charge in [-0.25, -0.2) is 0 Å². The molecule has 8 heteroatoms. The van der Waals surface area contributed by atoms with E-state index in [9.17, 15) is 18.0 Å². The lowest BCUT2D eigenvalue weighted by atomic mass is 10.2. The zero-order chi connectivity index (χ0) is 13.8. The molecule has 1 aromatic carbocycles. The molecule has 1 rings (SSSR count). The number of anilines is 1. The SMILES string of the molecule is NC[C@@H](N)C(=O)Nc1cccc(OC(F)(F)F)c1. The fourth-order valence-corrected chi connectivity index (χ4v) is 1.11. The lowest BCUT2D eigenvalue weighted by Gasteiger charge is -2.12. The number of amides is 1. The Morgan fingerprint density at radius 1 is 1.44 bits per heavy atom. The summed E-state index contributed by atoms with van der Waals surface area (Å²) in [4.78, 5) is 11.4. The van der Waals surface area contributed by atoms with Crippen molar-refractivity contribution >= 4 is 11.6 Å². The largest absolute Gasteiger partial charge is 0.573 e. The Morgan fingerprint density at radius 3 is 2.67 bits per heavy atom. The quantitative estimate of drug-likeness (QED) is 0.749. The van der Waals surface area contributed by atoms with Crippen LogP contribution >= 0.6 is 0 Å². The van der Waals surface area contributed by atoms with E-state index in [1.807, 2.05) is 0 Å². The molecule has 0 aromatic heterocycles. The van der Waals surface area contributed by atoms with Crippen molar-refractivity contribution in [2.75, 3.05) is 11.9 Å². The number of alkyl halides is 3. The molecule has 0 aliphatic heterocycles. The summed E-state index contributed by atoms with van der Waals surface area (Å²) in [6.45, 7) is -0.0649. The van der Waals surface area contributed by atoms with Gasteiger partial charge < -0.3 is 21.5 Å². The minimum atomic E-state index is -4.78. The Morgan fingerprint density at radius 2 is 2.11 bits per heavy atom. The van der Waals surface area contributed by atoms with Crippen LogP contribution in [0.2, 0.25) is 0 Å². The second-order valence-electron chi connectivity index (χ2n) is 3.41. The molecule has 0 fully saturated rings. The van der Waals surface area contributed by atoms with Crippen LogP contribution in [0.5, 0.6) is 5.75 Å². The Labute approximate surface area is 101 Å². The van der Waals surface area contributed by atoms with Gasteiger partial charge in [-0.3, -0.25) is 4.79 Å². The summed E-state index contributed by atoms with van der Waals surface area (Å²) in [7, 11) is 0. The van der Waals surface area contributed by atoms with Gasteiger partial charge in [-0.2, -0.15) is 0 Å². The van der Waals surface area contributed by atoms with Crippen LogP contribution in [-0.2, 0) is 4.79 Å². The molecule has 100 valence electrons. The van der Waals surface area contributed by atoms with Crippen molar-refractivity contribution in [3.05, 3.63) is 24.3 Å². The Hall–Kier alpha value is -1.80. The van der Waals surface area contributed by atoms with Crippen molar-refractivity contribution in [1.82, 2.24) is 0 Å². The van der Waals surface area contributed by atoms with Crippen LogP contribution in [0, 0.1) is 0 Å². The first kappa shape index (κ1) is 14.3. The lowest BCUT2D eigenvalue weighted by molar-refractivity contribution is -0.274. The molecule has 0 aliphatic rings. The third-order valence-electron chi connectivity index (χ3n) is 1.93. The first-order valence-electron chi connectivity index (χ1n) is 4.94. The molecule has 1 aromatic rings. The van der Waals surface area contributed by atoms with Gasteiger partial charge in [-0.15, -0.1) is 13.2 Å². The van der Waals surface area contributed by atoms with E-state index in [1.165, 1.54) is 12.1 Å². The van der Waals surface area contributed by atoms with Crippen molar-refractivity contribution in [3.63, 3.8) is 0 Å². The summed E-state index contributed by atoms with van der Waals surface area (Å²) >= 11 is 0. The molecule has 0 unspecified atom stereocenters. The summed E-state index contributed by atoms with van der Waals surface area (Å²) in [6.07, 6.45) is -4.78. The van der Waals surface area contributed by atoms with Gasteiger partial charge >= 0.3 is 6.36 Å². The van der Waals surface area contributed by atoms with Crippen LogP contribution in [0.15, 0.2) is 24.3 Å². The highest BCUT2D eigenvalue weighted by Gasteiger charge is 2.31. The third kappa shape index (κ3) is 4.60. The highest BCUT2D eigenvalue weighted by Crippen LogP contribution is 2.24. The van der Waals surface area contributed by atoms with Gasteiger partial charge in [-0.05, 0) is 12.1 Å². The van der Waals surface area contributed by atoms with Crippen molar-refractivity contribution < 1.29 is 22.7 Å². The lowest BCUT2D eigenvalue weighted by Crippen LogP contribution is -2.41. The van der Waals surface area contributed by atoms with Crippen LogP contribution in [-0.4, -0.2) is 24.9 Å². The van der Waals surface area contributed by atoms with Crippen molar-refractivity contribution in [2.45, 2.75) is 12.4 Å². The number of hydrogen-bond donors (Lipinski definition) is 3. The molecule has 0 aliphatic carbocycles. The number of halogens is 3. The van der Waals surface area contributed by atoms with Gasteiger partial charge in [0.05, 0.1) is 6.04 Å². The number of ether oxygens (including phenoxy) is 1. The van der Waals surface area contributed by atoms with Crippen LogP contribution < -0.4 is 21.5 Å². The number of carbonyl (C=O) groups excluding carboxylic acids is 1. The summed E-state index contributed by atoms with van der Waals surface area (Å²) in [6, 6.07) is 3.95. The summed E-state index contributed by atoms with van der Waals surface area (Å²) in [5, 5.41) is 2.33. The van der Waals surface area contributed by atoms with Gasteiger partial charge in [0.15, 0.2) is 0 Å². The van der Waals surface area contributed by atoms with E-state index < -0.39 is 24.1 Å². The molecule has 0 bridgehead atoms. The fraction of sp³-hybridized carbons (Fsp3) is 0.300. The number of nitrogens with one attached hydrogen (secondary N) is 1. The Bertz CT molecular complexity index is 423. The molecule has 1 atom stereocenters. The Balaban J connectivity index is 2.74. The maximum Gasteiger partial charge on any atom is 0.573 e. The molecular weight excluding hydrogens is 251 g/mol. The number of rotatable bonds is 4. The predicted octanol–water partition coefficient (Wildman–Crippen LogP) is 0.810. The van der Waals surface area contributed by atoms with Gasteiger partial charge in [0.2, 0.25) is 5.91 Å². The van der Waals surface area contributed by atoms with Crippen LogP contribution in [0.1, 0.15) is 0 Å². The van der Waals surface area contributed by atoms with E-state index in [-0.39, 0.29) is 12.2 Å². The standard InChI is InChI=1S/C10H12F3N3O2/c11-10(12,13)18-7-3-1-2-6(4-7)16-9(17)8(15)5-14/h1-4,8H,5,14-15H2,(H,16,17)/t8-/m1/s1. The molecule has 0 heterocycles. The maximum absolute atomic E-state index is 12.0. The number of benzene rings is 1. The summed E-state index contributed by atoms with van der Waals surface area (Å²) in [5.74, 6) is -1.01. The van der Waals surface area contributed by atoms with E-state index in [0.717, 1.165) is 12.1 Å². The molecule has 0 radical (unpaired) electrons. The van der Waals surface area contributed by atoms with E-state index in [1.54, 1.807) is 0 Å². The van der Waals surface area contributed by atoms with Crippen molar-refractivity contribution in [2.24, 2.45) is 11.5 Å². The second-order valence-corrected chi connectivity index (χ2v) is 3.41. The van der Waals surface area contributed by atoms with E-state index in [0.29, 0.717) is 0 Å². The number of carbonyl (C=O) groups is 1. The molecule has 5 nitrogen and oxygen atoms in total. The topological polar surface area (TPSA) is 90.4 Å². The van der Waals surface area contributed by atoms with Crippen LogP contribution in [0.25, 0.3) is 0 Å².